The SMILES string of the molecule is COc1cccc(C(O)c2scnc2C)c1F. The van der Waals surface area contributed by atoms with Gasteiger partial charge in [0.05, 0.1) is 23.2 Å². The lowest BCUT2D eigenvalue weighted by Gasteiger charge is -2.12. The molecule has 90 valence electrons. The predicted octanol–water partition coefficient (Wildman–Crippen LogP) is 2.68. The topological polar surface area (TPSA) is 42.4 Å². The molecule has 1 N–H and O–H groups in total. The van der Waals surface area contributed by atoms with E-state index in [4.69, 9.17) is 4.74 Å². The second-order valence-electron chi connectivity index (χ2n) is 3.57. The number of halogens is 1. The molecule has 5 heteroatoms. The summed E-state index contributed by atoms with van der Waals surface area (Å²) in [4.78, 5) is 4.69. The Morgan fingerprint density at radius 1 is 1.47 bits per heavy atom. The van der Waals surface area contributed by atoms with Crippen molar-refractivity contribution < 1.29 is 14.2 Å². The number of benzene rings is 1. The van der Waals surface area contributed by atoms with Crippen molar-refractivity contribution >= 4 is 11.3 Å². The highest BCUT2D eigenvalue weighted by molar-refractivity contribution is 7.09. The summed E-state index contributed by atoms with van der Waals surface area (Å²) >= 11 is 1.31. The largest absolute Gasteiger partial charge is 0.494 e. The standard InChI is InChI=1S/C12H12FNO2S/c1-7-12(17-6-14-7)11(15)8-4-3-5-9(16-2)10(8)13/h3-6,11,15H,1-2H3. The fourth-order valence-corrected chi connectivity index (χ4v) is 2.41. The van der Waals surface area contributed by atoms with E-state index in [0.717, 1.165) is 0 Å². The van der Waals surface area contributed by atoms with Crippen LogP contribution in [-0.4, -0.2) is 17.2 Å². The first kappa shape index (κ1) is 12.0. The molecule has 0 radical (unpaired) electrons. The van der Waals surface area contributed by atoms with Gasteiger partial charge in [-0.25, -0.2) is 9.37 Å². The lowest BCUT2D eigenvalue weighted by Crippen LogP contribution is -2.03. The Balaban J connectivity index is 2.44. The van der Waals surface area contributed by atoms with Gasteiger partial charge in [-0.1, -0.05) is 12.1 Å². The number of ether oxygens (including phenoxy) is 1. The molecule has 0 aliphatic rings. The number of methoxy groups -OCH3 is 1. The average Bonchev–Trinajstić information content (AvgIpc) is 2.75. The molecule has 17 heavy (non-hydrogen) atoms. The summed E-state index contributed by atoms with van der Waals surface area (Å²) in [5.74, 6) is -0.404. The molecule has 0 spiro atoms. The molecule has 0 saturated heterocycles. The van der Waals surface area contributed by atoms with Crippen molar-refractivity contribution in [1.29, 1.82) is 0 Å². The van der Waals surface area contributed by atoms with Gasteiger partial charge in [0.15, 0.2) is 11.6 Å². The van der Waals surface area contributed by atoms with Crippen molar-refractivity contribution in [2.24, 2.45) is 0 Å². The van der Waals surface area contributed by atoms with E-state index < -0.39 is 11.9 Å². The highest BCUT2D eigenvalue weighted by atomic mass is 32.1. The summed E-state index contributed by atoms with van der Waals surface area (Å²) in [7, 11) is 1.40. The summed E-state index contributed by atoms with van der Waals surface area (Å²) in [6.07, 6.45) is -1.00. The highest BCUT2D eigenvalue weighted by Crippen LogP contribution is 2.32. The first-order chi connectivity index (χ1) is 8.15. The average molecular weight is 253 g/mol. The number of aromatic nitrogens is 1. The Labute approximate surface area is 103 Å². The van der Waals surface area contributed by atoms with Gasteiger partial charge in [0.2, 0.25) is 0 Å². The molecule has 0 amide bonds. The van der Waals surface area contributed by atoms with Crippen LogP contribution in [0.2, 0.25) is 0 Å². The molecule has 1 atom stereocenters. The molecule has 0 fully saturated rings. The van der Waals surface area contributed by atoms with Gasteiger partial charge >= 0.3 is 0 Å². The molecule has 0 aliphatic carbocycles. The third kappa shape index (κ3) is 2.16. The highest BCUT2D eigenvalue weighted by Gasteiger charge is 2.20. The summed E-state index contributed by atoms with van der Waals surface area (Å²) < 4.78 is 18.8. The third-order valence-electron chi connectivity index (χ3n) is 2.54. The van der Waals surface area contributed by atoms with E-state index in [1.165, 1.54) is 24.5 Å². The van der Waals surface area contributed by atoms with Gasteiger partial charge in [0, 0.05) is 5.56 Å². The lowest BCUT2D eigenvalue weighted by atomic mass is 10.1. The predicted molar refractivity (Wildman–Crippen MR) is 63.9 cm³/mol. The Kier molecular flexibility index (Phi) is 3.40. The molecular formula is C12H12FNO2S. The van der Waals surface area contributed by atoms with Crippen molar-refractivity contribution in [2.45, 2.75) is 13.0 Å². The van der Waals surface area contributed by atoms with E-state index in [1.807, 2.05) is 0 Å². The summed E-state index contributed by atoms with van der Waals surface area (Å²) in [6.45, 7) is 1.78. The molecule has 1 heterocycles. The number of nitrogens with zero attached hydrogens (tertiary/aromatic N) is 1. The van der Waals surface area contributed by atoms with Crippen LogP contribution in [0, 0.1) is 12.7 Å². The number of aliphatic hydroxyl groups excluding tert-OH is 1. The molecule has 2 aromatic rings. The van der Waals surface area contributed by atoms with Crippen LogP contribution in [0.1, 0.15) is 22.2 Å². The van der Waals surface area contributed by atoms with Crippen LogP contribution in [-0.2, 0) is 0 Å². The van der Waals surface area contributed by atoms with Crippen molar-refractivity contribution in [3.63, 3.8) is 0 Å². The Bertz CT molecular complexity index is 527. The molecule has 1 aromatic heterocycles. The fraction of sp³-hybridized carbons (Fsp3) is 0.250. The fourth-order valence-electron chi connectivity index (χ4n) is 1.61. The minimum atomic E-state index is -1.00. The van der Waals surface area contributed by atoms with Crippen LogP contribution in [0.4, 0.5) is 4.39 Å². The monoisotopic (exact) mass is 253 g/mol. The van der Waals surface area contributed by atoms with Crippen LogP contribution >= 0.6 is 11.3 Å². The molecule has 1 aromatic carbocycles. The van der Waals surface area contributed by atoms with Gasteiger partial charge in [-0.15, -0.1) is 11.3 Å². The minimum Gasteiger partial charge on any atom is -0.494 e. The second-order valence-corrected chi connectivity index (χ2v) is 4.45. The Morgan fingerprint density at radius 3 is 2.82 bits per heavy atom. The van der Waals surface area contributed by atoms with E-state index in [9.17, 15) is 9.50 Å². The number of thiazole rings is 1. The molecule has 1 unspecified atom stereocenters. The van der Waals surface area contributed by atoms with Crippen LogP contribution in [0.15, 0.2) is 23.7 Å². The first-order valence-electron chi connectivity index (χ1n) is 5.05. The third-order valence-corrected chi connectivity index (χ3v) is 3.52. The number of aryl methyl sites for hydroxylation is 1. The summed E-state index contributed by atoms with van der Waals surface area (Å²) in [5, 5.41) is 10.1. The van der Waals surface area contributed by atoms with Crippen LogP contribution in [0.3, 0.4) is 0 Å². The van der Waals surface area contributed by atoms with Gasteiger partial charge < -0.3 is 9.84 Å². The number of aliphatic hydroxyl groups is 1. The molecule has 3 nitrogen and oxygen atoms in total. The summed E-state index contributed by atoms with van der Waals surface area (Å²) in [5.41, 5.74) is 2.55. The van der Waals surface area contributed by atoms with Crippen LogP contribution < -0.4 is 4.74 Å². The van der Waals surface area contributed by atoms with Crippen LogP contribution in [0.25, 0.3) is 0 Å². The number of hydrogen-bond donors (Lipinski definition) is 1. The van der Waals surface area contributed by atoms with Gasteiger partial charge in [0.1, 0.15) is 6.10 Å². The van der Waals surface area contributed by atoms with Gasteiger partial charge in [-0.3, -0.25) is 0 Å². The Morgan fingerprint density at radius 2 is 2.24 bits per heavy atom. The van der Waals surface area contributed by atoms with Gasteiger partial charge in [0.25, 0.3) is 0 Å². The number of hydrogen-bond acceptors (Lipinski definition) is 4. The second kappa shape index (κ2) is 4.81. The lowest BCUT2D eigenvalue weighted by molar-refractivity contribution is 0.216. The normalized spacial score (nSPS) is 12.5. The first-order valence-corrected chi connectivity index (χ1v) is 5.93. The summed E-state index contributed by atoms with van der Waals surface area (Å²) in [6, 6.07) is 4.71. The smallest absolute Gasteiger partial charge is 0.171 e. The zero-order chi connectivity index (χ0) is 12.4. The molecule has 0 aliphatic heterocycles. The number of rotatable bonds is 3. The molecule has 2 rings (SSSR count). The van der Waals surface area contributed by atoms with Crippen molar-refractivity contribution in [3.05, 3.63) is 45.7 Å². The minimum absolute atomic E-state index is 0.128. The quantitative estimate of drug-likeness (QED) is 0.914. The van der Waals surface area contributed by atoms with Crippen molar-refractivity contribution in [1.82, 2.24) is 4.98 Å². The van der Waals surface area contributed by atoms with Gasteiger partial charge in [-0.05, 0) is 13.0 Å². The zero-order valence-corrected chi connectivity index (χ0v) is 10.3. The Hall–Kier alpha value is -1.46. The molecular weight excluding hydrogens is 241 g/mol. The van der Waals surface area contributed by atoms with Gasteiger partial charge in [-0.2, -0.15) is 0 Å². The zero-order valence-electron chi connectivity index (χ0n) is 9.48. The van der Waals surface area contributed by atoms with Crippen molar-refractivity contribution in [3.8, 4) is 5.75 Å². The van der Waals surface area contributed by atoms with Crippen LogP contribution in [0.5, 0.6) is 5.75 Å². The molecule has 0 saturated carbocycles. The van der Waals surface area contributed by atoms with E-state index in [0.29, 0.717) is 10.6 Å². The van der Waals surface area contributed by atoms with Crippen molar-refractivity contribution in [2.75, 3.05) is 7.11 Å². The van der Waals surface area contributed by atoms with E-state index in [1.54, 1.807) is 24.6 Å². The maximum absolute atomic E-state index is 13.9. The van der Waals surface area contributed by atoms with E-state index >= 15 is 0 Å². The van der Waals surface area contributed by atoms with E-state index in [2.05, 4.69) is 4.98 Å². The maximum Gasteiger partial charge on any atom is 0.171 e. The molecule has 0 bridgehead atoms. The van der Waals surface area contributed by atoms with E-state index in [-0.39, 0.29) is 11.3 Å². The maximum atomic E-state index is 13.9.